The first-order valence-corrected chi connectivity index (χ1v) is 5.20. The minimum Gasteiger partial charge on any atom is -0.335 e. The second-order valence-corrected chi connectivity index (χ2v) is 4.22. The van der Waals surface area contributed by atoms with Gasteiger partial charge in [0, 0.05) is 26.2 Å². The van der Waals surface area contributed by atoms with Crippen LogP contribution in [0.1, 0.15) is 10.6 Å². The van der Waals surface area contributed by atoms with Crippen molar-refractivity contribution in [2.75, 3.05) is 26.2 Å². The molecule has 80 valence electrons. The number of aromatic amines is 1. The van der Waals surface area contributed by atoms with Gasteiger partial charge in [-0.3, -0.25) is 9.89 Å². The molecule has 0 spiro atoms. The fourth-order valence-corrected chi connectivity index (χ4v) is 2.48. The molecule has 2 aliphatic rings. The molecule has 2 saturated heterocycles. The molecule has 0 bridgehead atoms. The summed E-state index contributed by atoms with van der Waals surface area (Å²) < 4.78 is 0. The predicted octanol–water partition coefficient (Wildman–Crippen LogP) is -0.904. The van der Waals surface area contributed by atoms with E-state index in [9.17, 15) is 4.79 Å². The number of aromatic nitrogens is 3. The molecule has 6 heteroatoms. The number of carbonyl (C=O) groups excluding carboxylic acids is 1. The summed E-state index contributed by atoms with van der Waals surface area (Å²) in [6, 6.07) is 0. The number of nitrogens with one attached hydrogen (secondary N) is 2. The van der Waals surface area contributed by atoms with E-state index in [2.05, 4.69) is 20.5 Å². The quantitative estimate of drug-likeness (QED) is 0.625. The molecule has 2 fully saturated rings. The van der Waals surface area contributed by atoms with Crippen LogP contribution in [0.3, 0.4) is 0 Å². The number of carbonyl (C=O) groups is 1. The molecule has 1 aromatic rings. The van der Waals surface area contributed by atoms with Gasteiger partial charge in [-0.05, 0) is 11.8 Å². The van der Waals surface area contributed by atoms with Gasteiger partial charge in [0.1, 0.15) is 6.33 Å². The molecular weight excluding hydrogens is 194 g/mol. The summed E-state index contributed by atoms with van der Waals surface area (Å²) in [6.07, 6.45) is 1.37. The van der Waals surface area contributed by atoms with E-state index in [1.165, 1.54) is 6.33 Å². The lowest BCUT2D eigenvalue weighted by Crippen LogP contribution is -2.32. The maximum Gasteiger partial charge on any atom is 0.291 e. The number of H-pyrrole nitrogens is 1. The lowest BCUT2D eigenvalue weighted by atomic mass is 10.0. The predicted molar refractivity (Wildman–Crippen MR) is 52.1 cm³/mol. The Labute approximate surface area is 87.1 Å². The number of fused-ring (bicyclic) bond motifs is 1. The van der Waals surface area contributed by atoms with Gasteiger partial charge < -0.3 is 10.2 Å². The van der Waals surface area contributed by atoms with Crippen molar-refractivity contribution in [3.63, 3.8) is 0 Å². The summed E-state index contributed by atoms with van der Waals surface area (Å²) >= 11 is 0. The van der Waals surface area contributed by atoms with E-state index in [0.29, 0.717) is 17.7 Å². The third-order valence-electron chi connectivity index (χ3n) is 3.29. The minimum atomic E-state index is -0.0260. The molecule has 0 saturated carbocycles. The van der Waals surface area contributed by atoms with Crippen LogP contribution in [0.4, 0.5) is 0 Å². The van der Waals surface area contributed by atoms with Crippen molar-refractivity contribution >= 4 is 5.91 Å². The highest BCUT2D eigenvalue weighted by Crippen LogP contribution is 2.26. The Bertz CT molecular complexity index is 351. The Kier molecular flexibility index (Phi) is 1.95. The van der Waals surface area contributed by atoms with E-state index < -0.39 is 0 Å². The van der Waals surface area contributed by atoms with Gasteiger partial charge in [-0.25, -0.2) is 4.98 Å². The number of rotatable bonds is 1. The second-order valence-electron chi connectivity index (χ2n) is 4.22. The molecule has 6 nitrogen and oxygen atoms in total. The summed E-state index contributed by atoms with van der Waals surface area (Å²) in [7, 11) is 0. The van der Waals surface area contributed by atoms with E-state index in [1.807, 2.05) is 4.90 Å². The first kappa shape index (κ1) is 8.84. The zero-order valence-corrected chi connectivity index (χ0v) is 8.31. The highest BCUT2D eigenvalue weighted by Gasteiger charge is 2.38. The molecule has 2 unspecified atom stereocenters. The van der Waals surface area contributed by atoms with Gasteiger partial charge in [0.2, 0.25) is 5.82 Å². The molecule has 3 heterocycles. The lowest BCUT2D eigenvalue weighted by Gasteiger charge is -2.15. The van der Waals surface area contributed by atoms with Gasteiger partial charge in [-0.15, -0.1) is 0 Å². The standard InChI is InChI=1S/C9H13N5O/c15-9(8-11-5-12-13-8)14-3-6-1-10-2-7(6)4-14/h5-7,10H,1-4H2,(H,11,12,13). The average Bonchev–Trinajstić information content (AvgIpc) is 2.92. The van der Waals surface area contributed by atoms with Gasteiger partial charge in [-0.2, -0.15) is 5.10 Å². The Morgan fingerprint density at radius 2 is 2.13 bits per heavy atom. The van der Waals surface area contributed by atoms with Crippen molar-refractivity contribution in [2.24, 2.45) is 11.8 Å². The van der Waals surface area contributed by atoms with Crippen LogP contribution in [-0.2, 0) is 0 Å². The first-order valence-electron chi connectivity index (χ1n) is 5.20. The molecule has 0 aromatic carbocycles. The Morgan fingerprint density at radius 1 is 1.40 bits per heavy atom. The highest BCUT2D eigenvalue weighted by atomic mass is 16.2. The molecule has 2 N–H and O–H groups in total. The third-order valence-corrected chi connectivity index (χ3v) is 3.29. The summed E-state index contributed by atoms with van der Waals surface area (Å²) in [6.45, 7) is 3.75. The monoisotopic (exact) mass is 207 g/mol. The smallest absolute Gasteiger partial charge is 0.291 e. The number of nitrogens with zero attached hydrogens (tertiary/aromatic N) is 3. The van der Waals surface area contributed by atoms with Gasteiger partial charge in [-0.1, -0.05) is 0 Å². The van der Waals surface area contributed by atoms with Crippen LogP contribution >= 0.6 is 0 Å². The molecule has 2 atom stereocenters. The average molecular weight is 207 g/mol. The topological polar surface area (TPSA) is 73.9 Å². The van der Waals surface area contributed by atoms with Crippen molar-refractivity contribution in [1.29, 1.82) is 0 Å². The van der Waals surface area contributed by atoms with Gasteiger partial charge in [0.25, 0.3) is 5.91 Å². The zero-order chi connectivity index (χ0) is 10.3. The molecule has 0 radical (unpaired) electrons. The lowest BCUT2D eigenvalue weighted by molar-refractivity contribution is 0.0770. The van der Waals surface area contributed by atoms with Gasteiger partial charge >= 0.3 is 0 Å². The van der Waals surface area contributed by atoms with Crippen LogP contribution in [0.5, 0.6) is 0 Å². The van der Waals surface area contributed by atoms with E-state index in [1.54, 1.807) is 0 Å². The van der Waals surface area contributed by atoms with Crippen molar-refractivity contribution < 1.29 is 4.79 Å². The summed E-state index contributed by atoms with van der Waals surface area (Å²) in [5.41, 5.74) is 0. The van der Waals surface area contributed by atoms with Crippen LogP contribution in [0.15, 0.2) is 6.33 Å². The molecule has 3 rings (SSSR count). The fraction of sp³-hybridized carbons (Fsp3) is 0.667. The Morgan fingerprint density at radius 3 is 2.73 bits per heavy atom. The normalized spacial score (nSPS) is 29.5. The SMILES string of the molecule is O=C(c1ncn[nH]1)N1CC2CNCC2C1. The van der Waals surface area contributed by atoms with Crippen LogP contribution in [0.2, 0.25) is 0 Å². The third kappa shape index (κ3) is 1.41. The van der Waals surface area contributed by atoms with Crippen molar-refractivity contribution in [3.05, 3.63) is 12.2 Å². The van der Waals surface area contributed by atoms with Crippen LogP contribution in [-0.4, -0.2) is 52.2 Å². The Balaban J connectivity index is 1.72. The van der Waals surface area contributed by atoms with Crippen LogP contribution < -0.4 is 5.32 Å². The first-order chi connectivity index (χ1) is 7.34. The van der Waals surface area contributed by atoms with Crippen molar-refractivity contribution in [3.8, 4) is 0 Å². The van der Waals surface area contributed by atoms with Crippen molar-refractivity contribution in [1.82, 2.24) is 25.4 Å². The molecule has 1 amide bonds. The second kappa shape index (κ2) is 3.30. The summed E-state index contributed by atoms with van der Waals surface area (Å²) in [4.78, 5) is 17.7. The maximum atomic E-state index is 11.9. The number of hydrogen-bond acceptors (Lipinski definition) is 4. The van der Waals surface area contributed by atoms with E-state index in [-0.39, 0.29) is 5.91 Å². The molecule has 15 heavy (non-hydrogen) atoms. The van der Waals surface area contributed by atoms with Crippen molar-refractivity contribution in [2.45, 2.75) is 0 Å². The molecular formula is C9H13N5O. The number of hydrogen-bond donors (Lipinski definition) is 2. The zero-order valence-electron chi connectivity index (χ0n) is 8.31. The van der Waals surface area contributed by atoms with Gasteiger partial charge in [0.15, 0.2) is 0 Å². The highest BCUT2D eigenvalue weighted by molar-refractivity contribution is 5.90. The molecule has 1 aromatic heterocycles. The number of likely N-dealkylation sites (tertiary alicyclic amines) is 1. The van der Waals surface area contributed by atoms with E-state index in [4.69, 9.17) is 0 Å². The maximum absolute atomic E-state index is 11.9. The largest absolute Gasteiger partial charge is 0.335 e. The summed E-state index contributed by atoms with van der Waals surface area (Å²) in [5, 5.41) is 9.65. The van der Waals surface area contributed by atoms with Crippen LogP contribution in [0.25, 0.3) is 0 Å². The number of amides is 1. The molecule has 0 aliphatic carbocycles. The molecule has 2 aliphatic heterocycles. The minimum absolute atomic E-state index is 0.0260. The summed E-state index contributed by atoms with van der Waals surface area (Å²) in [5.74, 6) is 1.57. The fourth-order valence-electron chi connectivity index (χ4n) is 2.48. The van der Waals surface area contributed by atoms with E-state index >= 15 is 0 Å². The van der Waals surface area contributed by atoms with E-state index in [0.717, 1.165) is 26.2 Å². The Hall–Kier alpha value is -1.43. The van der Waals surface area contributed by atoms with Gasteiger partial charge in [0.05, 0.1) is 0 Å². The van der Waals surface area contributed by atoms with Crippen LogP contribution in [0, 0.1) is 11.8 Å².